The van der Waals surface area contributed by atoms with Crippen LogP contribution in [0.25, 0.3) is 0 Å². The molecule has 158 valence electrons. The van der Waals surface area contributed by atoms with Gasteiger partial charge < -0.3 is 10.1 Å². The number of carbonyl (C=O) groups is 2. The highest BCUT2D eigenvalue weighted by molar-refractivity contribution is 5.87. The molecular formula is C25H30N2O3. The van der Waals surface area contributed by atoms with E-state index in [9.17, 15) is 9.59 Å². The molecule has 2 aromatic carbocycles. The number of benzene rings is 2. The van der Waals surface area contributed by atoms with Gasteiger partial charge in [0.25, 0.3) is 0 Å². The van der Waals surface area contributed by atoms with E-state index < -0.39 is 17.7 Å². The van der Waals surface area contributed by atoms with Crippen molar-refractivity contribution >= 4 is 12.0 Å². The van der Waals surface area contributed by atoms with Crippen molar-refractivity contribution in [2.24, 2.45) is 0 Å². The van der Waals surface area contributed by atoms with Gasteiger partial charge in [-0.25, -0.2) is 4.79 Å². The number of ether oxygens (including phenoxy) is 1. The molecule has 0 saturated heterocycles. The maximum absolute atomic E-state index is 13.4. The van der Waals surface area contributed by atoms with Crippen molar-refractivity contribution in [1.82, 2.24) is 10.2 Å². The number of fused-ring (bicyclic) bond motifs is 2. The van der Waals surface area contributed by atoms with Crippen LogP contribution in [0.1, 0.15) is 61.9 Å². The van der Waals surface area contributed by atoms with Crippen LogP contribution in [-0.4, -0.2) is 28.5 Å². The summed E-state index contributed by atoms with van der Waals surface area (Å²) in [7, 11) is 0. The average Bonchev–Trinajstić information content (AvgIpc) is 2.72. The molecule has 2 aromatic rings. The highest BCUT2D eigenvalue weighted by atomic mass is 16.6. The number of nitrogens with zero attached hydrogens (tertiary/aromatic N) is 1. The molecule has 2 amide bonds. The number of hydrogen-bond acceptors (Lipinski definition) is 3. The molecule has 2 aliphatic rings. The molecule has 0 radical (unpaired) electrons. The highest BCUT2D eigenvalue weighted by Crippen LogP contribution is 2.31. The Bertz CT molecular complexity index is 947. The Labute approximate surface area is 178 Å². The van der Waals surface area contributed by atoms with E-state index in [2.05, 4.69) is 17.4 Å². The Morgan fingerprint density at radius 2 is 1.67 bits per heavy atom. The van der Waals surface area contributed by atoms with Crippen molar-refractivity contribution < 1.29 is 14.3 Å². The minimum atomic E-state index is -0.614. The lowest BCUT2D eigenvalue weighted by atomic mass is 9.87. The minimum absolute atomic E-state index is 0.0138. The smallest absolute Gasteiger partial charge is 0.411 e. The van der Waals surface area contributed by atoms with Crippen molar-refractivity contribution in [2.75, 3.05) is 0 Å². The summed E-state index contributed by atoms with van der Waals surface area (Å²) in [6.07, 6.45) is 3.06. The van der Waals surface area contributed by atoms with Crippen LogP contribution < -0.4 is 5.32 Å². The topological polar surface area (TPSA) is 58.6 Å². The summed E-state index contributed by atoms with van der Waals surface area (Å²) >= 11 is 0. The second-order valence-corrected chi connectivity index (χ2v) is 9.25. The lowest BCUT2D eigenvalue weighted by Gasteiger charge is -2.38. The predicted octanol–water partition coefficient (Wildman–Crippen LogP) is 4.54. The Balaban J connectivity index is 1.58. The van der Waals surface area contributed by atoms with Crippen LogP contribution in [0.4, 0.5) is 4.79 Å². The zero-order chi connectivity index (χ0) is 21.3. The molecule has 5 nitrogen and oxygen atoms in total. The molecule has 1 heterocycles. The number of rotatable bonds is 2. The van der Waals surface area contributed by atoms with Crippen LogP contribution in [0, 0.1) is 0 Å². The molecule has 5 heteroatoms. The van der Waals surface area contributed by atoms with Crippen molar-refractivity contribution in [1.29, 1.82) is 0 Å². The van der Waals surface area contributed by atoms with Gasteiger partial charge in [0.15, 0.2) is 0 Å². The number of aryl methyl sites for hydroxylation is 1. The molecule has 0 aromatic heterocycles. The summed E-state index contributed by atoms with van der Waals surface area (Å²) < 4.78 is 5.63. The van der Waals surface area contributed by atoms with E-state index in [4.69, 9.17) is 4.74 Å². The Kier molecular flexibility index (Phi) is 5.54. The molecule has 1 N–H and O–H groups in total. The summed E-state index contributed by atoms with van der Waals surface area (Å²) in [5.74, 6) is -0.114. The minimum Gasteiger partial charge on any atom is -0.444 e. The maximum atomic E-state index is 13.4. The van der Waals surface area contributed by atoms with Crippen LogP contribution in [-0.2, 0) is 28.9 Å². The molecule has 30 heavy (non-hydrogen) atoms. The molecular weight excluding hydrogens is 376 g/mol. The molecule has 0 bridgehead atoms. The fourth-order valence-electron chi connectivity index (χ4n) is 4.44. The third-order valence-electron chi connectivity index (χ3n) is 5.87. The number of amides is 2. The van der Waals surface area contributed by atoms with Gasteiger partial charge in [0.05, 0.1) is 12.6 Å². The van der Waals surface area contributed by atoms with E-state index in [0.717, 1.165) is 30.4 Å². The molecule has 1 unspecified atom stereocenters. The van der Waals surface area contributed by atoms with Gasteiger partial charge in [-0.2, -0.15) is 0 Å². The third-order valence-corrected chi connectivity index (χ3v) is 5.87. The van der Waals surface area contributed by atoms with E-state index in [0.29, 0.717) is 13.0 Å². The van der Waals surface area contributed by atoms with Crippen LogP contribution >= 0.6 is 0 Å². The lowest BCUT2D eigenvalue weighted by molar-refractivity contribution is -0.128. The zero-order valence-corrected chi connectivity index (χ0v) is 18.0. The summed E-state index contributed by atoms with van der Waals surface area (Å²) in [6.45, 7) is 5.91. The second kappa shape index (κ2) is 8.13. The fraction of sp³-hybridized carbons (Fsp3) is 0.440. The average molecular weight is 407 g/mol. The third kappa shape index (κ3) is 4.35. The monoisotopic (exact) mass is 406 g/mol. The van der Waals surface area contributed by atoms with Gasteiger partial charge in [0.2, 0.25) is 5.91 Å². The SMILES string of the molecule is CC(C)(C)OC(=O)N1Cc2ccccc2CC1C(=O)N[C@@H]1CCCc2ccccc21. The van der Waals surface area contributed by atoms with Gasteiger partial charge in [0, 0.05) is 6.42 Å². The van der Waals surface area contributed by atoms with E-state index in [1.165, 1.54) is 11.1 Å². The number of carbonyl (C=O) groups excluding carboxylic acids is 2. The summed E-state index contributed by atoms with van der Waals surface area (Å²) in [5.41, 5.74) is 4.05. The summed E-state index contributed by atoms with van der Waals surface area (Å²) in [6, 6.07) is 15.7. The van der Waals surface area contributed by atoms with Gasteiger partial charge in [-0.1, -0.05) is 48.5 Å². The van der Waals surface area contributed by atoms with E-state index in [-0.39, 0.29) is 11.9 Å². The molecule has 1 aliphatic heterocycles. The van der Waals surface area contributed by atoms with Crippen molar-refractivity contribution in [3.8, 4) is 0 Å². The molecule has 4 rings (SSSR count). The van der Waals surface area contributed by atoms with Gasteiger partial charge >= 0.3 is 6.09 Å². The van der Waals surface area contributed by atoms with Crippen molar-refractivity contribution in [3.63, 3.8) is 0 Å². The first kappa shape index (κ1) is 20.5. The number of hydrogen-bond donors (Lipinski definition) is 1. The van der Waals surface area contributed by atoms with Gasteiger partial charge in [0.1, 0.15) is 11.6 Å². The quantitative estimate of drug-likeness (QED) is 0.796. The van der Waals surface area contributed by atoms with Gasteiger partial charge in [-0.15, -0.1) is 0 Å². The van der Waals surface area contributed by atoms with E-state index in [1.807, 2.05) is 57.2 Å². The van der Waals surface area contributed by atoms with Crippen LogP contribution in [0.2, 0.25) is 0 Å². The first-order chi connectivity index (χ1) is 14.3. The first-order valence-electron chi connectivity index (χ1n) is 10.8. The van der Waals surface area contributed by atoms with Crippen LogP contribution in [0.15, 0.2) is 48.5 Å². The highest BCUT2D eigenvalue weighted by Gasteiger charge is 2.38. The van der Waals surface area contributed by atoms with Crippen LogP contribution in [0.5, 0.6) is 0 Å². The van der Waals surface area contributed by atoms with Crippen LogP contribution in [0.3, 0.4) is 0 Å². The summed E-state index contributed by atoms with van der Waals surface area (Å²) in [4.78, 5) is 27.9. The standard InChI is InChI=1S/C25H30N2O3/c1-25(2,3)30-24(29)27-16-19-11-5-4-10-18(19)15-22(27)23(28)26-21-14-8-12-17-9-6-7-13-20(17)21/h4-7,9-11,13,21-22H,8,12,14-16H2,1-3H3,(H,26,28)/t21-,22?/m1/s1. The number of nitrogens with one attached hydrogen (secondary N) is 1. The van der Waals surface area contributed by atoms with Crippen molar-refractivity contribution in [3.05, 3.63) is 70.8 Å². The van der Waals surface area contributed by atoms with E-state index >= 15 is 0 Å². The second-order valence-electron chi connectivity index (χ2n) is 9.25. The molecule has 1 aliphatic carbocycles. The molecule has 0 saturated carbocycles. The molecule has 0 spiro atoms. The zero-order valence-electron chi connectivity index (χ0n) is 18.0. The predicted molar refractivity (Wildman–Crippen MR) is 116 cm³/mol. The van der Waals surface area contributed by atoms with Crippen molar-refractivity contribution in [2.45, 2.75) is 70.7 Å². The van der Waals surface area contributed by atoms with Gasteiger partial charge in [-0.05, 0) is 62.3 Å². The molecule has 2 atom stereocenters. The fourth-order valence-corrected chi connectivity index (χ4v) is 4.44. The Morgan fingerprint density at radius 1 is 1.00 bits per heavy atom. The Morgan fingerprint density at radius 3 is 2.40 bits per heavy atom. The summed E-state index contributed by atoms with van der Waals surface area (Å²) in [5, 5.41) is 3.23. The maximum Gasteiger partial charge on any atom is 0.411 e. The normalized spacial score (nSPS) is 20.7. The Hall–Kier alpha value is -2.82. The van der Waals surface area contributed by atoms with E-state index in [1.54, 1.807) is 4.90 Å². The first-order valence-corrected chi connectivity index (χ1v) is 10.8. The molecule has 0 fully saturated rings. The van der Waals surface area contributed by atoms with Gasteiger partial charge in [-0.3, -0.25) is 9.69 Å². The largest absolute Gasteiger partial charge is 0.444 e. The lowest BCUT2D eigenvalue weighted by Crippen LogP contribution is -2.54.